The molecule has 134 valence electrons. The molecule has 7 heteroatoms. The third-order valence-corrected chi connectivity index (χ3v) is 5.81. The number of hydrogen-bond donors (Lipinski definition) is 1. The van der Waals surface area contributed by atoms with E-state index in [0.717, 1.165) is 36.4 Å². The minimum Gasteiger partial charge on any atom is -0.456 e. The third kappa shape index (κ3) is 4.34. The summed E-state index contributed by atoms with van der Waals surface area (Å²) < 4.78 is 5.12. The summed E-state index contributed by atoms with van der Waals surface area (Å²) >= 11 is 1.35. The predicted octanol–water partition coefficient (Wildman–Crippen LogP) is 2.43. The summed E-state index contributed by atoms with van der Waals surface area (Å²) in [5.74, 6) is -0.895. The molecule has 2 aliphatic heterocycles. The maximum absolute atomic E-state index is 12.2. The van der Waals surface area contributed by atoms with Gasteiger partial charge in [0.25, 0.3) is 5.91 Å². The Bertz CT molecular complexity index is 679. The van der Waals surface area contributed by atoms with Crippen LogP contribution in [-0.4, -0.2) is 47.1 Å². The molecule has 0 bridgehead atoms. The Morgan fingerprint density at radius 3 is 2.92 bits per heavy atom. The molecule has 0 radical (unpaired) electrons. The summed E-state index contributed by atoms with van der Waals surface area (Å²) in [5.41, 5.74) is 0.761. The number of ether oxygens (including phenoxy) is 1. The second kappa shape index (κ2) is 7.91. The molecule has 1 aromatic rings. The molecule has 0 aromatic heterocycles. The van der Waals surface area contributed by atoms with Crippen molar-refractivity contribution >= 4 is 35.2 Å². The molecule has 2 atom stereocenters. The van der Waals surface area contributed by atoms with E-state index in [-0.39, 0.29) is 30.9 Å². The number of carbonyl (C=O) groups is 3. The SMILES string of the molecule is C[C@H]1CCCCN1C(=O)COC(=O)C[C@@H]1Sc2ccccc2NC1=O. The second-order valence-corrected chi connectivity index (χ2v) is 7.63. The Kier molecular flexibility index (Phi) is 5.63. The number of rotatable bonds is 4. The number of anilines is 1. The smallest absolute Gasteiger partial charge is 0.307 e. The lowest BCUT2D eigenvalue weighted by atomic mass is 10.0. The van der Waals surface area contributed by atoms with Gasteiger partial charge in [-0.05, 0) is 38.3 Å². The summed E-state index contributed by atoms with van der Waals surface area (Å²) in [6, 6.07) is 7.65. The molecule has 2 aliphatic rings. The standard InChI is InChI=1S/C18H22N2O4S/c1-12-6-4-5-9-20(12)16(21)11-24-17(22)10-15-18(23)19-13-7-2-3-8-14(13)25-15/h2-3,7-8,12,15H,4-6,9-11H2,1H3,(H,19,23)/t12-,15-/m0/s1. The minimum atomic E-state index is -0.536. The number of para-hydroxylation sites is 1. The van der Waals surface area contributed by atoms with E-state index in [1.165, 1.54) is 11.8 Å². The fourth-order valence-corrected chi connectivity index (χ4v) is 4.23. The fraction of sp³-hybridized carbons (Fsp3) is 0.500. The zero-order valence-corrected chi connectivity index (χ0v) is 15.0. The first-order chi connectivity index (χ1) is 12.0. The van der Waals surface area contributed by atoms with Crippen molar-refractivity contribution in [3.8, 4) is 0 Å². The highest BCUT2D eigenvalue weighted by Gasteiger charge is 2.30. The zero-order chi connectivity index (χ0) is 17.8. The Morgan fingerprint density at radius 1 is 1.32 bits per heavy atom. The van der Waals surface area contributed by atoms with Crippen molar-refractivity contribution < 1.29 is 19.1 Å². The van der Waals surface area contributed by atoms with E-state index < -0.39 is 11.2 Å². The third-order valence-electron chi connectivity index (χ3n) is 4.54. The number of piperidine rings is 1. The van der Waals surface area contributed by atoms with Crippen LogP contribution in [-0.2, 0) is 19.1 Å². The molecule has 1 saturated heterocycles. The van der Waals surface area contributed by atoms with Gasteiger partial charge in [0, 0.05) is 17.5 Å². The van der Waals surface area contributed by atoms with Crippen LogP contribution in [0.4, 0.5) is 5.69 Å². The molecule has 1 fully saturated rings. The highest BCUT2D eigenvalue weighted by atomic mass is 32.2. The van der Waals surface area contributed by atoms with Gasteiger partial charge in [-0.15, -0.1) is 11.8 Å². The van der Waals surface area contributed by atoms with E-state index in [4.69, 9.17) is 4.74 Å². The van der Waals surface area contributed by atoms with E-state index >= 15 is 0 Å². The molecule has 0 aliphatic carbocycles. The first-order valence-electron chi connectivity index (χ1n) is 8.56. The summed E-state index contributed by atoms with van der Waals surface area (Å²) in [5, 5.41) is 2.26. The molecule has 3 rings (SSSR count). The minimum absolute atomic E-state index is 0.0479. The Hall–Kier alpha value is -2.02. The predicted molar refractivity (Wildman–Crippen MR) is 95.3 cm³/mol. The van der Waals surface area contributed by atoms with E-state index in [2.05, 4.69) is 5.32 Å². The van der Waals surface area contributed by atoms with Gasteiger partial charge in [-0.1, -0.05) is 12.1 Å². The van der Waals surface area contributed by atoms with Crippen LogP contribution in [0.5, 0.6) is 0 Å². The zero-order valence-electron chi connectivity index (χ0n) is 14.2. The van der Waals surface area contributed by atoms with Crippen molar-refractivity contribution in [3.63, 3.8) is 0 Å². The number of likely N-dealkylation sites (tertiary alicyclic amines) is 1. The number of benzene rings is 1. The van der Waals surface area contributed by atoms with Crippen LogP contribution in [0.15, 0.2) is 29.2 Å². The van der Waals surface area contributed by atoms with Crippen molar-refractivity contribution in [2.75, 3.05) is 18.5 Å². The van der Waals surface area contributed by atoms with Crippen LogP contribution in [0, 0.1) is 0 Å². The average molecular weight is 362 g/mol. The van der Waals surface area contributed by atoms with Gasteiger partial charge in [0.15, 0.2) is 6.61 Å². The molecule has 1 aromatic carbocycles. The maximum atomic E-state index is 12.2. The van der Waals surface area contributed by atoms with Gasteiger partial charge in [-0.25, -0.2) is 0 Å². The van der Waals surface area contributed by atoms with Gasteiger partial charge < -0.3 is 15.0 Å². The largest absolute Gasteiger partial charge is 0.456 e. The summed E-state index contributed by atoms with van der Waals surface area (Å²) in [6.07, 6.45) is 3.05. The van der Waals surface area contributed by atoms with Crippen molar-refractivity contribution in [2.45, 2.75) is 48.8 Å². The van der Waals surface area contributed by atoms with Gasteiger partial charge in [0.05, 0.1) is 17.4 Å². The van der Waals surface area contributed by atoms with Crippen molar-refractivity contribution in [2.24, 2.45) is 0 Å². The lowest BCUT2D eigenvalue weighted by molar-refractivity contribution is -0.153. The number of fused-ring (bicyclic) bond motifs is 1. The summed E-state index contributed by atoms with van der Waals surface area (Å²) in [7, 11) is 0. The van der Waals surface area contributed by atoms with Crippen LogP contribution in [0.1, 0.15) is 32.6 Å². The molecule has 6 nitrogen and oxygen atoms in total. The average Bonchev–Trinajstić information content (AvgIpc) is 2.61. The van der Waals surface area contributed by atoms with Crippen molar-refractivity contribution in [3.05, 3.63) is 24.3 Å². The lowest BCUT2D eigenvalue weighted by Crippen LogP contribution is -2.44. The highest BCUT2D eigenvalue weighted by molar-refractivity contribution is 8.01. The highest BCUT2D eigenvalue weighted by Crippen LogP contribution is 2.36. The fourth-order valence-electron chi connectivity index (χ4n) is 3.13. The number of thioether (sulfide) groups is 1. The normalized spacial score (nSPS) is 22.8. The Morgan fingerprint density at radius 2 is 2.12 bits per heavy atom. The van der Waals surface area contributed by atoms with Gasteiger partial charge in [-0.3, -0.25) is 14.4 Å². The monoisotopic (exact) mass is 362 g/mol. The lowest BCUT2D eigenvalue weighted by Gasteiger charge is -2.33. The summed E-state index contributed by atoms with van der Waals surface area (Å²) in [6.45, 7) is 2.48. The Labute approximate surface area is 151 Å². The van der Waals surface area contributed by atoms with E-state index in [1.54, 1.807) is 4.90 Å². The van der Waals surface area contributed by atoms with E-state index in [9.17, 15) is 14.4 Å². The maximum Gasteiger partial charge on any atom is 0.307 e. The van der Waals surface area contributed by atoms with Gasteiger partial charge >= 0.3 is 5.97 Å². The van der Waals surface area contributed by atoms with Crippen LogP contribution in [0.2, 0.25) is 0 Å². The Balaban J connectivity index is 1.49. The molecule has 25 heavy (non-hydrogen) atoms. The van der Waals surface area contributed by atoms with Crippen LogP contribution in [0.3, 0.4) is 0 Å². The van der Waals surface area contributed by atoms with Crippen molar-refractivity contribution in [1.29, 1.82) is 0 Å². The topological polar surface area (TPSA) is 75.7 Å². The number of nitrogens with zero attached hydrogens (tertiary/aromatic N) is 1. The van der Waals surface area contributed by atoms with Crippen LogP contribution >= 0.6 is 11.8 Å². The second-order valence-electron chi connectivity index (χ2n) is 6.39. The van der Waals surface area contributed by atoms with Crippen LogP contribution in [0.25, 0.3) is 0 Å². The number of amides is 2. The molecule has 2 amide bonds. The summed E-state index contributed by atoms with van der Waals surface area (Å²) in [4.78, 5) is 39.1. The number of carbonyl (C=O) groups excluding carboxylic acids is 3. The van der Waals surface area contributed by atoms with Crippen LogP contribution < -0.4 is 5.32 Å². The number of hydrogen-bond acceptors (Lipinski definition) is 5. The first-order valence-corrected chi connectivity index (χ1v) is 9.44. The molecule has 0 saturated carbocycles. The quantitative estimate of drug-likeness (QED) is 0.833. The molecule has 0 spiro atoms. The molecule has 0 unspecified atom stereocenters. The number of nitrogens with one attached hydrogen (secondary N) is 1. The van der Waals surface area contributed by atoms with Gasteiger partial charge in [0.1, 0.15) is 0 Å². The van der Waals surface area contributed by atoms with E-state index in [0.29, 0.717) is 0 Å². The first kappa shape index (κ1) is 17.8. The van der Waals surface area contributed by atoms with Crippen molar-refractivity contribution in [1.82, 2.24) is 4.90 Å². The molecule has 1 N–H and O–H groups in total. The molecular weight excluding hydrogens is 340 g/mol. The van der Waals surface area contributed by atoms with E-state index in [1.807, 2.05) is 31.2 Å². The molecule has 2 heterocycles. The van der Waals surface area contributed by atoms with Gasteiger partial charge in [0.2, 0.25) is 5.91 Å². The van der Waals surface area contributed by atoms with Gasteiger partial charge in [-0.2, -0.15) is 0 Å². The number of esters is 1. The molecular formula is C18H22N2O4S.